The third kappa shape index (κ3) is 2.62. The predicted molar refractivity (Wildman–Crippen MR) is 95.7 cm³/mol. The van der Waals surface area contributed by atoms with Crippen molar-refractivity contribution < 1.29 is 24.5 Å². The van der Waals surface area contributed by atoms with Crippen LogP contribution in [0.1, 0.15) is 31.7 Å². The molecule has 1 aromatic rings. The highest BCUT2D eigenvalue weighted by Crippen LogP contribution is 2.30. The lowest BCUT2D eigenvalue weighted by atomic mass is 9.91. The molecule has 2 unspecified atom stereocenters. The zero-order valence-electron chi connectivity index (χ0n) is 14.4. The Kier molecular flexibility index (Phi) is 3.89. The Hall–Kier alpha value is -2.57. The van der Waals surface area contributed by atoms with Crippen LogP contribution in [0.15, 0.2) is 45.5 Å². The van der Waals surface area contributed by atoms with Gasteiger partial charge in [-0.25, -0.2) is 0 Å². The van der Waals surface area contributed by atoms with Gasteiger partial charge < -0.3 is 24.5 Å². The molecule has 2 aliphatic carbocycles. The van der Waals surface area contributed by atoms with Gasteiger partial charge in [0.1, 0.15) is 28.3 Å². The molecule has 26 heavy (non-hydrogen) atoms. The van der Waals surface area contributed by atoms with E-state index in [1.807, 2.05) is 0 Å². The van der Waals surface area contributed by atoms with E-state index >= 15 is 0 Å². The second kappa shape index (κ2) is 6.00. The number of rotatable bonds is 2. The van der Waals surface area contributed by atoms with Crippen LogP contribution in [-0.4, -0.2) is 33.6 Å². The minimum atomic E-state index is -0.826. The lowest BCUT2D eigenvalue weighted by molar-refractivity contribution is -0.0617. The van der Waals surface area contributed by atoms with Gasteiger partial charge in [0.05, 0.1) is 24.0 Å². The van der Waals surface area contributed by atoms with Crippen molar-refractivity contribution >= 4 is 16.9 Å². The Morgan fingerprint density at radius 2 is 2.08 bits per heavy atom. The van der Waals surface area contributed by atoms with Crippen molar-refractivity contribution in [2.24, 2.45) is 0 Å². The third-order valence-electron chi connectivity index (χ3n) is 5.08. The standard InChI is InChI=1S/C20H20O6/c1-20(10-21)7-6-13-16(26-20)8-15(23)17-18(24)14(9-25-19(13)17)11-2-4-12(22)5-3-11/h2,4,6-7,9,16,21-23H,3,5,8,10H2,1H3. The van der Waals surface area contributed by atoms with Gasteiger partial charge in [-0.15, -0.1) is 0 Å². The molecule has 0 spiro atoms. The molecule has 3 N–H and O–H groups in total. The quantitative estimate of drug-likeness (QED) is 0.736. The van der Waals surface area contributed by atoms with Gasteiger partial charge in [-0.2, -0.15) is 0 Å². The molecule has 0 radical (unpaired) electrons. The summed E-state index contributed by atoms with van der Waals surface area (Å²) in [6.45, 7) is 1.57. The van der Waals surface area contributed by atoms with Gasteiger partial charge in [-0.05, 0) is 25.0 Å². The van der Waals surface area contributed by atoms with Crippen LogP contribution in [0.2, 0.25) is 0 Å². The summed E-state index contributed by atoms with van der Waals surface area (Å²) >= 11 is 0. The first-order valence-corrected chi connectivity index (χ1v) is 8.57. The van der Waals surface area contributed by atoms with Crippen LogP contribution in [0.25, 0.3) is 16.9 Å². The Balaban J connectivity index is 1.92. The highest BCUT2D eigenvalue weighted by Gasteiger charge is 2.35. The second-order valence-corrected chi connectivity index (χ2v) is 7.05. The topological polar surface area (TPSA) is 100 Å². The number of ether oxygens (including phenoxy) is 1. The molecular formula is C20H20O6. The molecule has 0 aromatic carbocycles. The van der Waals surface area contributed by atoms with Gasteiger partial charge in [0.15, 0.2) is 0 Å². The monoisotopic (exact) mass is 356 g/mol. The maximum absolute atomic E-state index is 13.0. The molecule has 4 rings (SSSR count). The van der Waals surface area contributed by atoms with Gasteiger partial charge in [0.25, 0.3) is 0 Å². The summed E-state index contributed by atoms with van der Waals surface area (Å²) in [7, 11) is 0. The van der Waals surface area contributed by atoms with E-state index in [-0.39, 0.29) is 35.2 Å². The van der Waals surface area contributed by atoms with Gasteiger partial charge in [-0.3, -0.25) is 4.79 Å². The van der Waals surface area contributed by atoms with E-state index in [2.05, 4.69) is 0 Å². The SMILES string of the molecule is CC1(CO)C=CC2=c3occ(C4=CC=C(O)CC4)c(=O)c3=C(O)CC2O1. The number of hydrogen-bond acceptors (Lipinski definition) is 6. The van der Waals surface area contributed by atoms with E-state index in [1.165, 1.54) is 6.26 Å². The van der Waals surface area contributed by atoms with Crippen LogP contribution in [-0.2, 0) is 4.74 Å². The molecule has 136 valence electrons. The molecule has 0 bridgehead atoms. The molecule has 0 saturated carbocycles. The molecular weight excluding hydrogens is 336 g/mol. The zero-order chi connectivity index (χ0) is 18.5. The molecule has 3 aliphatic rings. The maximum atomic E-state index is 13.0. The van der Waals surface area contributed by atoms with E-state index in [9.17, 15) is 20.1 Å². The van der Waals surface area contributed by atoms with Crippen molar-refractivity contribution in [2.45, 2.75) is 37.9 Å². The lowest BCUT2D eigenvalue weighted by Gasteiger charge is -2.35. The van der Waals surface area contributed by atoms with E-state index in [0.717, 1.165) is 5.57 Å². The number of aliphatic hydroxyl groups excluding tert-OH is 3. The first kappa shape index (κ1) is 16.9. The average Bonchev–Trinajstić information content (AvgIpc) is 2.62. The molecule has 0 saturated heterocycles. The maximum Gasteiger partial charge on any atom is 0.203 e. The van der Waals surface area contributed by atoms with Crippen LogP contribution in [0.3, 0.4) is 0 Å². The first-order chi connectivity index (χ1) is 12.4. The van der Waals surface area contributed by atoms with Gasteiger partial charge in [-0.1, -0.05) is 18.2 Å². The third-order valence-corrected chi connectivity index (χ3v) is 5.08. The summed E-state index contributed by atoms with van der Waals surface area (Å²) < 4.78 is 11.6. The second-order valence-electron chi connectivity index (χ2n) is 7.05. The van der Waals surface area contributed by atoms with Crippen LogP contribution in [0, 0.1) is 0 Å². The van der Waals surface area contributed by atoms with E-state index < -0.39 is 11.7 Å². The van der Waals surface area contributed by atoms with Crippen LogP contribution < -0.4 is 16.1 Å². The Bertz CT molecular complexity index is 1040. The van der Waals surface area contributed by atoms with Crippen LogP contribution >= 0.6 is 0 Å². The Morgan fingerprint density at radius 3 is 2.77 bits per heavy atom. The zero-order valence-corrected chi connectivity index (χ0v) is 14.4. The minimum Gasteiger partial charge on any atom is -0.512 e. The van der Waals surface area contributed by atoms with Gasteiger partial charge in [0.2, 0.25) is 5.43 Å². The molecule has 2 heterocycles. The Labute approximate surface area is 149 Å². The fraction of sp³-hybridized carbons (Fsp3) is 0.350. The number of hydrogen-bond donors (Lipinski definition) is 3. The van der Waals surface area contributed by atoms with E-state index in [0.29, 0.717) is 29.4 Å². The average molecular weight is 356 g/mol. The smallest absolute Gasteiger partial charge is 0.203 e. The number of fused-ring (bicyclic) bond motifs is 2. The molecule has 6 heteroatoms. The molecule has 2 atom stereocenters. The summed E-state index contributed by atoms with van der Waals surface area (Å²) in [4.78, 5) is 13.0. The Morgan fingerprint density at radius 1 is 1.27 bits per heavy atom. The first-order valence-electron chi connectivity index (χ1n) is 8.57. The summed E-state index contributed by atoms with van der Waals surface area (Å²) in [5.41, 5.74) is 1.02. The summed E-state index contributed by atoms with van der Waals surface area (Å²) in [6.07, 6.45) is 8.86. The summed E-state index contributed by atoms with van der Waals surface area (Å²) in [5.74, 6) is 0.204. The molecule has 6 nitrogen and oxygen atoms in total. The summed E-state index contributed by atoms with van der Waals surface area (Å²) in [5, 5.41) is 29.6. The van der Waals surface area contributed by atoms with Crippen molar-refractivity contribution in [3.63, 3.8) is 0 Å². The van der Waals surface area contributed by atoms with Crippen molar-refractivity contribution in [3.8, 4) is 0 Å². The normalized spacial score (nSPS) is 27.5. The molecule has 0 amide bonds. The summed E-state index contributed by atoms with van der Waals surface area (Å²) in [6, 6.07) is 0. The van der Waals surface area contributed by atoms with Crippen LogP contribution in [0.5, 0.6) is 0 Å². The molecule has 1 aromatic heterocycles. The predicted octanol–water partition coefficient (Wildman–Crippen LogP) is 1.19. The van der Waals surface area contributed by atoms with Gasteiger partial charge in [0, 0.05) is 18.4 Å². The largest absolute Gasteiger partial charge is 0.512 e. The molecule has 1 aliphatic heterocycles. The van der Waals surface area contributed by atoms with Gasteiger partial charge >= 0.3 is 0 Å². The fourth-order valence-electron chi connectivity index (χ4n) is 3.56. The highest BCUT2D eigenvalue weighted by molar-refractivity contribution is 5.70. The number of allylic oxidation sites excluding steroid dienone is 4. The lowest BCUT2D eigenvalue weighted by Crippen LogP contribution is -2.50. The van der Waals surface area contributed by atoms with Crippen molar-refractivity contribution in [1.82, 2.24) is 0 Å². The van der Waals surface area contributed by atoms with E-state index in [4.69, 9.17) is 9.15 Å². The highest BCUT2D eigenvalue weighted by atomic mass is 16.5. The van der Waals surface area contributed by atoms with Crippen LogP contribution in [0.4, 0.5) is 0 Å². The van der Waals surface area contributed by atoms with Crippen molar-refractivity contribution in [1.29, 1.82) is 0 Å². The van der Waals surface area contributed by atoms with Crippen molar-refractivity contribution in [3.05, 3.63) is 62.7 Å². The van der Waals surface area contributed by atoms with Crippen molar-refractivity contribution in [2.75, 3.05) is 6.61 Å². The molecule has 0 fully saturated rings. The number of aliphatic hydroxyl groups is 3. The minimum absolute atomic E-state index is 0.0743. The van der Waals surface area contributed by atoms with E-state index in [1.54, 1.807) is 31.2 Å². The fourth-order valence-corrected chi connectivity index (χ4v) is 3.56.